The molecule has 1 aromatic carbocycles. The van der Waals surface area contributed by atoms with Gasteiger partial charge in [-0.25, -0.2) is 0 Å². The summed E-state index contributed by atoms with van der Waals surface area (Å²) >= 11 is 0. The summed E-state index contributed by atoms with van der Waals surface area (Å²) < 4.78 is 16.7. The van der Waals surface area contributed by atoms with Gasteiger partial charge in [0.05, 0.1) is 19.1 Å². The average Bonchev–Trinajstić information content (AvgIpc) is 3.28. The number of ether oxygens (including phenoxy) is 2. The molecule has 7 nitrogen and oxygen atoms in total. The summed E-state index contributed by atoms with van der Waals surface area (Å²) in [4.78, 5) is 18.8. The molecule has 1 aromatic heterocycles. The second-order valence-corrected chi connectivity index (χ2v) is 7.09. The Bertz CT molecular complexity index is 815. The predicted molar refractivity (Wildman–Crippen MR) is 97.8 cm³/mol. The smallest absolute Gasteiger partial charge is 0.232 e. The van der Waals surface area contributed by atoms with Crippen LogP contribution in [0.15, 0.2) is 22.7 Å². The molecule has 1 unspecified atom stereocenters. The first-order valence-corrected chi connectivity index (χ1v) is 9.67. The lowest BCUT2D eigenvalue weighted by atomic mass is 10.1. The second kappa shape index (κ2) is 7.58. The molecular weight excluding hydrogens is 346 g/mol. The SMILES string of the molecule is CCOc1ccc(CN2CC(c3nc(C4CC4)no3)CC2=O)cc1OCC. The molecule has 2 aliphatic rings. The standard InChI is InChI=1S/C20H25N3O4/c1-3-25-16-8-5-13(9-17(16)26-4-2)11-23-12-15(10-18(23)24)20-21-19(22-27-20)14-6-7-14/h5,8-9,14-15H,3-4,6-7,10-12H2,1-2H3. The van der Waals surface area contributed by atoms with Crippen LogP contribution in [0.3, 0.4) is 0 Å². The zero-order valence-electron chi connectivity index (χ0n) is 15.8. The van der Waals surface area contributed by atoms with Gasteiger partial charge in [0, 0.05) is 25.4 Å². The number of amides is 1. The fraction of sp³-hybridized carbons (Fsp3) is 0.550. The third-order valence-corrected chi connectivity index (χ3v) is 4.94. The van der Waals surface area contributed by atoms with E-state index < -0.39 is 0 Å². The topological polar surface area (TPSA) is 77.7 Å². The van der Waals surface area contributed by atoms with E-state index in [-0.39, 0.29) is 11.8 Å². The lowest BCUT2D eigenvalue weighted by Gasteiger charge is -2.18. The Hall–Kier alpha value is -2.57. The number of benzene rings is 1. The molecule has 0 bridgehead atoms. The third kappa shape index (κ3) is 3.91. The van der Waals surface area contributed by atoms with E-state index >= 15 is 0 Å². The first kappa shape index (κ1) is 17.8. The van der Waals surface area contributed by atoms with Gasteiger partial charge in [-0.2, -0.15) is 4.98 Å². The molecule has 2 aromatic rings. The normalized spacial score (nSPS) is 19.6. The molecule has 1 saturated heterocycles. The summed E-state index contributed by atoms with van der Waals surface area (Å²) in [5.74, 6) is 3.37. The second-order valence-electron chi connectivity index (χ2n) is 7.09. The summed E-state index contributed by atoms with van der Waals surface area (Å²) in [6.07, 6.45) is 2.69. The van der Waals surface area contributed by atoms with E-state index in [4.69, 9.17) is 14.0 Å². The molecule has 0 radical (unpaired) electrons. The van der Waals surface area contributed by atoms with Crippen molar-refractivity contribution in [2.45, 2.75) is 51.5 Å². The molecule has 1 atom stereocenters. The van der Waals surface area contributed by atoms with E-state index in [1.54, 1.807) is 0 Å². The van der Waals surface area contributed by atoms with Gasteiger partial charge in [-0.15, -0.1) is 0 Å². The molecule has 1 saturated carbocycles. The number of rotatable bonds is 8. The Kier molecular flexibility index (Phi) is 5.01. The fourth-order valence-electron chi connectivity index (χ4n) is 3.43. The van der Waals surface area contributed by atoms with Crippen LogP contribution < -0.4 is 9.47 Å². The molecule has 0 N–H and O–H groups in total. The fourth-order valence-corrected chi connectivity index (χ4v) is 3.43. The van der Waals surface area contributed by atoms with Gasteiger partial charge in [0.25, 0.3) is 0 Å². The summed E-state index contributed by atoms with van der Waals surface area (Å²) in [6, 6.07) is 5.83. The van der Waals surface area contributed by atoms with Crippen molar-refractivity contribution in [1.82, 2.24) is 15.0 Å². The van der Waals surface area contributed by atoms with E-state index in [0.717, 1.165) is 30.0 Å². The van der Waals surface area contributed by atoms with Crippen molar-refractivity contribution in [2.75, 3.05) is 19.8 Å². The van der Waals surface area contributed by atoms with Crippen molar-refractivity contribution >= 4 is 5.91 Å². The van der Waals surface area contributed by atoms with Crippen LogP contribution in [0.5, 0.6) is 11.5 Å². The Labute approximate surface area is 158 Å². The van der Waals surface area contributed by atoms with Crippen LogP contribution in [-0.4, -0.2) is 40.7 Å². The minimum Gasteiger partial charge on any atom is -0.490 e. The van der Waals surface area contributed by atoms with Gasteiger partial charge in [-0.3, -0.25) is 4.79 Å². The van der Waals surface area contributed by atoms with E-state index in [0.29, 0.717) is 50.3 Å². The van der Waals surface area contributed by atoms with Crippen molar-refractivity contribution in [2.24, 2.45) is 0 Å². The van der Waals surface area contributed by atoms with Gasteiger partial charge in [0.2, 0.25) is 11.8 Å². The van der Waals surface area contributed by atoms with Crippen LogP contribution in [0.25, 0.3) is 0 Å². The number of hydrogen-bond acceptors (Lipinski definition) is 6. The Morgan fingerprint density at radius 3 is 2.67 bits per heavy atom. The van der Waals surface area contributed by atoms with Crippen LogP contribution in [0, 0.1) is 0 Å². The number of nitrogens with zero attached hydrogens (tertiary/aromatic N) is 3. The Morgan fingerprint density at radius 1 is 1.15 bits per heavy atom. The molecule has 1 aliphatic heterocycles. The summed E-state index contributed by atoms with van der Waals surface area (Å²) in [7, 11) is 0. The van der Waals surface area contributed by atoms with Crippen LogP contribution in [0.1, 0.15) is 62.2 Å². The van der Waals surface area contributed by atoms with Gasteiger partial charge < -0.3 is 18.9 Å². The van der Waals surface area contributed by atoms with Gasteiger partial charge >= 0.3 is 0 Å². The summed E-state index contributed by atoms with van der Waals surface area (Å²) in [5, 5.41) is 4.07. The largest absolute Gasteiger partial charge is 0.490 e. The van der Waals surface area contributed by atoms with Crippen molar-refractivity contribution < 1.29 is 18.8 Å². The maximum atomic E-state index is 12.5. The van der Waals surface area contributed by atoms with Crippen LogP contribution in [0.2, 0.25) is 0 Å². The number of hydrogen-bond donors (Lipinski definition) is 0. The average molecular weight is 371 g/mol. The minimum atomic E-state index is -0.0217. The maximum absolute atomic E-state index is 12.5. The third-order valence-electron chi connectivity index (χ3n) is 4.94. The van der Waals surface area contributed by atoms with Crippen LogP contribution in [-0.2, 0) is 11.3 Å². The molecule has 0 spiro atoms. The van der Waals surface area contributed by atoms with Gasteiger partial charge in [-0.1, -0.05) is 11.2 Å². The summed E-state index contributed by atoms with van der Waals surface area (Å²) in [6.45, 7) is 6.16. The van der Waals surface area contributed by atoms with Crippen LogP contribution in [0.4, 0.5) is 0 Å². The van der Waals surface area contributed by atoms with Crippen molar-refractivity contribution in [3.05, 3.63) is 35.5 Å². The molecule has 2 fully saturated rings. The number of carbonyl (C=O) groups is 1. The van der Waals surface area contributed by atoms with E-state index in [9.17, 15) is 4.79 Å². The number of aromatic nitrogens is 2. The van der Waals surface area contributed by atoms with Crippen molar-refractivity contribution in [3.8, 4) is 11.5 Å². The number of likely N-dealkylation sites (tertiary alicyclic amines) is 1. The van der Waals surface area contributed by atoms with Crippen molar-refractivity contribution in [1.29, 1.82) is 0 Å². The molecule has 2 heterocycles. The van der Waals surface area contributed by atoms with E-state index in [1.807, 2.05) is 36.9 Å². The highest BCUT2D eigenvalue weighted by Crippen LogP contribution is 2.39. The quantitative estimate of drug-likeness (QED) is 0.709. The molecule has 27 heavy (non-hydrogen) atoms. The zero-order chi connectivity index (χ0) is 18.8. The molecule has 1 aliphatic carbocycles. The van der Waals surface area contributed by atoms with E-state index in [2.05, 4.69) is 10.1 Å². The highest BCUT2D eigenvalue weighted by molar-refractivity contribution is 5.79. The molecule has 144 valence electrons. The Morgan fingerprint density at radius 2 is 1.93 bits per heavy atom. The van der Waals surface area contributed by atoms with Gasteiger partial charge in [0.1, 0.15) is 0 Å². The first-order chi connectivity index (χ1) is 13.2. The monoisotopic (exact) mass is 371 g/mol. The number of carbonyl (C=O) groups excluding carboxylic acids is 1. The predicted octanol–water partition coefficient (Wildman–Crippen LogP) is 3.26. The molecular formula is C20H25N3O4. The minimum absolute atomic E-state index is 0.0217. The lowest BCUT2D eigenvalue weighted by molar-refractivity contribution is -0.128. The molecule has 1 amide bonds. The lowest BCUT2D eigenvalue weighted by Crippen LogP contribution is -2.24. The Balaban J connectivity index is 1.44. The van der Waals surface area contributed by atoms with Gasteiger partial charge in [0.15, 0.2) is 17.3 Å². The van der Waals surface area contributed by atoms with Crippen LogP contribution >= 0.6 is 0 Å². The first-order valence-electron chi connectivity index (χ1n) is 9.67. The highest BCUT2D eigenvalue weighted by atomic mass is 16.5. The maximum Gasteiger partial charge on any atom is 0.232 e. The van der Waals surface area contributed by atoms with Crippen molar-refractivity contribution in [3.63, 3.8) is 0 Å². The summed E-state index contributed by atoms with van der Waals surface area (Å²) in [5.41, 5.74) is 1.01. The molecule has 4 rings (SSSR count). The van der Waals surface area contributed by atoms with E-state index in [1.165, 1.54) is 0 Å². The highest BCUT2D eigenvalue weighted by Gasteiger charge is 2.36. The zero-order valence-corrected chi connectivity index (χ0v) is 15.8. The molecule has 7 heteroatoms. The van der Waals surface area contributed by atoms with Gasteiger partial charge in [-0.05, 0) is 44.4 Å².